The van der Waals surface area contributed by atoms with Crippen LogP contribution in [0.25, 0.3) is 11.1 Å². The smallest absolute Gasteiger partial charge is 0.128 e. The van der Waals surface area contributed by atoms with E-state index in [-0.39, 0.29) is 18.5 Å². The molecule has 19 heavy (non-hydrogen) atoms. The Hall–Kier alpha value is -1.51. The summed E-state index contributed by atoms with van der Waals surface area (Å²) in [5.74, 6) is 0.998. The predicted octanol–water partition coefficient (Wildman–Crippen LogP) is 3.82. The fourth-order valence-electron chi connectivity index (χ4n) is 2.52. The van der Waals surface area contributed by atoms with E-state index in [1.807, 2.05) is 13.1 Å². The Morgan fingerprint density at radius 3 is 2.47 bits per heavy atom. The molecule has 3 rings (SSSR count). The van der Waals surface area contributed by atoms with Crippen LogP contribution in [0.5, 0.6) is 5.75 Å². The molecular formula is C16H18ClNO. The molecule has 0 radical (unpaired) electrons. The molecule has 3 heteroatoms. The van der Waals surface area contributed by atoms with Crippen molar-refractivity contribution in [3.05, 3.63) is 54.1 Å². The van der Waals surface area contributed by atoms with E-state index in [0.717, 1.165) is 18.7 Å². The summed E-state index contributed by atoms with van der Waals surface area (Å²) in [4.78, 5) is 0. The van der Waals surface area contributed by atoms with Crippen LogP contribution in [0.4, 0.5) is 0 Å². The number of benzene rings is 2. The largest absolute Gasteiger partial charge is 0.485 e. The van der Waals surface area contributed by atoms with E-state index >= 15 is 0 Å². The lowest BCUT2D eigenvalue weighted by Crippen LogP contribution is -2.19. The maximum atomic E-state index is 6.12. The minimum absolute atomic E-state index is 0. The van der Waals surface area contributed by atoms with E-state index in [4.69, 9.17) is 4.74 Å². The summed E-state index contributed by atoms with van der Waals surface area (Å²) in [6.45, 7) is 0.959. The molecule has 0 aromatic heterocycles. The van der Waals surface area contributed by atoms with Gasteiger partial charge in [-0.3, -0.25) is 0 Å². The van der Waals surface area contributed by atoms with Gasteiger partial charge in [0, 0.05) is 17.5 Å². The first-order chi connectivity index (χ1) is 8.90. The van der Waals surface area contributed by atoms with Gasteiger partial charge in [0.15, 0.2) is 0 Å². The van der Waals surface area contributed by atoms with Crippen molar-refractivity contribution < 1.29 is 4.74 Å². The molecule has 1 atom stereocenters. The van der Waals surface area contributed by atoms with Gasteiger partial charge in [-0.2, -0.15) is 0 Å². The molecule has 2 aromatic rings. The lowest BCUT2D eigenvalue weighted by atomic mass is 9.91. The van der Waals surface area contributed by atoms with E-state index < -0.39 is 0 Å². The van der Waals surface area contributed by atoms with Crippen LogP contribution in [-0.2, 0) is 0 Å². The molecule has 0 fully saturated rings. The first-order valence-electron chi connectivity index (χ1n) is 6.40. The Kier molecular flexibility index (Phi) is 4.46. The van der Waals surface area contributed by atoms with Crippen LogP contribution < -0.4 is 10.1 Å². The SMILES string of the molecule is CNCCC1Oc2ccccc2-c2ccccc21.Cl. The molecule has 0 saturated heterocycles. The summed E-state index contributed by atoms with van der Waals surface area (Å²) in [7, 11) is 1.97. The van der Waals surface area contributed by atoms with Gasteiger partial charge in [0.25, 0.3) is 0 Å². The Morgan fingerprint density at radius 2 is 1.68 bits per heavy atom. The van der Waals surface area contributed by atoms with Crippen molar-refractivity contribution in [2.24, 2.45) is 0 Å². The van der Waals surface area contributed by atoms with Gasteiger partial charge in [0.1, 0.15) is 11.9 Å². The highest BCUT2D eigenvalue weighted by molar-refractivity contribution is 5.85. The summed E-state index contributed by atoms with van der Waals surface area (Å²) in [6, 6.07) is 16.8. The van der Waals surface area contributed by atoms with Crippen molar-refractivity contribution in [3.8, 4) is 16.9 Å². The summed E-state index contributed by atoms with van der Waals surface area (Å²) in [5, 5.41) is 3.19. The molecule has 0 amide bonds. The third kappa shape index (κ3) is 2.60. The zero-order valence-corrected chi connectivity index (χ0v) is 11.7. The molecule has 2 aromatic carbocycles. The minimum atomic E-state index is 0. The zero-order valence-electron chi connectivity index (χ0n) is 10.9. The number of hydrogen-bond acceptors (Lipinski definition) is 2. The van der Waals surface area contributed by atoms with Crippen LogP contribution in [0.15, 0.2) is 48.5 Å². The summed E-state index contributed by atoms with van der Waals surface area (Å²) in [6.07, 6.45) is 1.14. The second kappa shape index (κ2) is 6.09. The van der Waals surface area contributed by atoms with Crippen LogP contribution >= 0.6 is 12.4 Å². The van der Waals surface area contributed by atoms with Crippen LogP contribution in [0.1, 0.15) is 18.1 Å². The molecule has 0 spiro atoms. The molecule has 1 heterocycles. The van der Waals surface area contributed by atoms with Crippen molar-refractivity contribution >= 4 is 12.4 Å². The summed E-state index contributed by atoms with van der Waals surface area (Å²) < 4.78 is 6.12. The zero-order chi connectivity index (χ0) is 12.4. The van der Waals surface area contributed by atoms with Gasteiger partial charge in [-0.1, -0.05) is 42.5 Å². The third-order valence-corrected chi connectivity index (χ3v) is 3.41. The molecule has 0 saturated carbocycles. The van der Waals surface area contributed by atoms with Gasteiger partial charge in [-0.25, -0.2) is 0 Å². The van der Waals surface area contributed by atoms with Gasteiger partial charge >= 0.3 is 0 Å². The number of halogens is 1. The molecular weight excluding hydrogens is 258 g/mol. The molecule has 100 valence electrons. The monoisotopic (exact) mass is 275 g/mol. The lowest BCUT2D eigenvalue weighted by molar-refractivity contribution is 0.191. The molecule has 0 aliphatic carbocycles. The number of nitrogens with one attached hydrogen (secondary N) is 1. The lowest BCUT2D eigenvalue weighted by Gasteiger charge is -2.28. The van der Waals surface area contributed by atoms with Crippen LogP contribution in [-0.4, -0.2) is 13.6 Å². The quantitative estimate of drug-likeness (QED) is 0.919. The number of fused-ring (bicyclic) bond motifs is 3. The average Bonchev–Trinajstić information content (AvgIpc) is 2.45. The average molecular weight is 276 g/mol. The molecule has 2 nitrogen and oxygen atoms in total. The standard InChI is InChI=1S/C16H17NO.ClH/c1-17-11-10-16-14-7-3-2-6-12(14)13-8-4-5-9-15(13)18-16;/h2-9,16-17H,10-11H2,1H3;1H. The fraction of sp³-hybridized carbons (Fsp3) is 0.250. The molecule has 1 aliphatic heterocycles. The second-order valence-electron chi connectivity index (χ2n) is 4.58. The second-order valence-corrected chi connectivity index (χ2v) is 4.58. The molecule has 1 N–H and O–H groups in total. The van der Waals surface area contributed by atoms with E-state index in [2.05, 4.69) is 47.8 Å². The van der Waals surface area contributed by atoms with Gasteiger partial charge in [-0.15, -0.1) is 12.4 Å². The van der Waals surface area contributed by atoms with Gasteiger partial charge in [0.05, 0.1) is 0 Å². The van der Waals surface area contributed by atoms with Crippen LogP contribution in [0, 0.1) is 0 Å². The number of rotatable bonds is 3. The number of ether oxygens (including phenoxy) is 1. The Labute approximate surface area is 120 Å². The van der Waals surface area contributed by atoms with E-state index in [9.17, 15) is 0 Å². The van der Waals surface area contributed by atoms with Crippen LogP contribution in [0.2, 0.25) is 0 Å². The normalized spacial score (nSPS) is 15.7. The maximum Gasteiger partial charge on any atom is 0.128 e. The highest BCUT2D eigenvalue weighted by Crippen LogP contribution is 2.42. The maximum absolute atomic E-state index is 6.12. The fourth-order valence-corrected chi connectivity index (χ4v) is 2.52. The molecule has 1 aliphatic rings. The Bertz CT molecular complexity index is 556. The number of para-hydroxylation sites is 1. The third-order valence-electron chi connectivity index (χ3n) is 3.41. The number of hydrogen-bond donors (Lipinski definition) is 1. The summed E-state index contributed by atoms with van der Waals surface area (Å²) in [5.41, 5.74) is 3.81. The van der Waals surface area contributed by atoms with Crippen molar-refractivity contribution in [1.29, 1.82) is 0 Å². The topological polar surface area (TPSA) is 21.3 Å². The minimum Gasteiger partial charge on any atom is -0.485 e. The highest BCUT2D eigenvalue weighted by Gasteiger charge is 2.24. The summed E-state index contributed by atoms with van der Waals surface area (Å²) >= 11 is 0. The predicted molar refractivity (Wildman–Crippen MR) is 81.0 cm³/mol. The molecule has 0 bridgehead atoms. The van der Waals surface area contributed by atoms with Crippen molar-refractivity contribution in [3.63, 3.8) is 0 Å². The van der Waals surface area contributed by atoms with Gasteiger partial charge in [0.2, 0.25) is 0 Å². The van der Waals surface area contributed by atoms with E-state index in [1.165, 1.54) is 16.7 Å². The van der Waals surface area contributed by atoms with Gasteiger partial charge < -0.3 is 10.1 Å². The first-order valence-corrected chi connectivity index (χ1v) is 6.40. The van der Waals surface area contributed by atoms with E-state index in [1.54, 1.807) is 0 Å². The van der Waals surface area contributed by atoms with Gasteiger partial charge in [-0.05, 0) is 25.2 Å². The first kappa shape index (κ1) is 13.9. The Balaban J connectivity index is 0.00000133. The Morgan fingerprint density at radius 1 is 1.00 bits per heavy atom. The van der Waals surface area contributed by atoms with Crippen molar-refractivity contribution in [2.45, 2.75) is 12.5 Å². The van der Waals surface area contributed by atoms with Crippen LogP contribution in [0.3, 0.4) is 0 Å². The van der Waals surface area contributed by atoms with E-state index in [0.29, 0.717) is 0 Å². The molecule has 1 unspecified atom stereocenters. The van der Waals surface area contributed by atoms with Crippen molar-refractivity contribution in [2.75, 3.05) is 13.6 Å². The highest BCUT2D eigenvalue weighted by atomic mass is 35.5. The van der Waals surface area contributed by atoms with Crippen molar-refractivity contribution in [1.82, 2.24) is 5.32 Å².